The molecule has 7 nitrogen and oxygen atoms in total. The lowest BCUT2D eigenvalue weighted by atomic mass is 10.2. The number of fused-ring (bicyclic) bond motifs is 1. The van der Waals surface area contributed by atoms with Crippen molar-refractivity contribution in [3.05, 3.63) is 91.9 Å². The molecule has 0 aliphatic carbocycles. The molecule has 2 heterocycles. The van der Waals surface area contributed by atoms with Gasteiger partial charge in [0.15, 0.2) is 0 Å². The van der Waals surface area contributed by atoms with E-state index < -0.39 is 5.69 Å². The zero-order valence-electron chi connectivity index (χ0n) is 17.1. The van der Waals surface area contributed by atoms with Crippen LogP contribution >= 0.6 is 11.3 Å². The molecule has 8 heteroatoms. The van der Waals surface area contributed by atoms with Gasteiger partial charge in [-0.25, -0.2) is 9.36 Å². The second-order valence-electron chi connectivity index (χ2n) is 7.11. The predicted octanol–water partition coefficient (Wildman–Crippen LogP) is 2.85. The molecule has 0 atom stereocenters. The van der Waals surface area contributed by atoms with Gasteiger partial charge in [0.25, 0.3) is 5.56 Å². The second-order valence-corrected chi connectivity index (χ2v) is 8.03. The fourth-order valence-corrected chi connectivity index (χ4v) is 4.24. The molecule has 0 fully saturated rings. The van der Waals surface area contributed by atoms with Crippen molar-refractivity contribution in [1.82, 2.24) is 14.5 Å². The number of aryl methyl sites for hydroxylation is 1. The number of carbonyl (C=O) groups is 1. The Balaban J connectivity index is 1.67. The van der Waals surface area contributed by atoms with Crippen LogP contribution in [0.2, 0.25) is 0 Å². The molecule has 158 valence electrons. The minimum Gasteiger partial charge on any atom is -0.497 e. The zero-order chi connectivity index (χ0) is 22.0. The Labute approximate surface area is 182 Å². The largest absolute Gasteiger partial charge is 0.497 e. The van der Waals surface area contributed by atoms with Crippen LogP contribution < -0.4 is 21.3 Å². The summed E-state index contributed by atoms with van der Waals surface area (Å²) in [6.45, 7) is 2.00. The average Bonchev–Trinajstić information content (AvgIpc) is 3.26. The summed E-state index contributed by atoms with van der Waals surface area (Å²) in [5.74, 6) is 0.375. The lowest BCUT2D eigenvalue weighted by Gasteiger charge is -2.13. The van der Waals surface area contributed by atoms with Crippen molar-refractivity contribution in [2.75, 3.05) is 7.11 Å². The summed E-state index contributed by atoms with van der Waals surface area (Å²) >= 11 is 1.25. The average molecular weight is 436 g/mol. The van der Waals surface area contributed by atoms with E-state index in [1.807, 2.05) is 37.3 Å². The minimum absolute atomic E-state index is 0.192. The standard InChI is InChI=1S/C23H21N3O4S/c1-15-5-3-7-17(11-15)26-22(28)21-19(9-10-31-21)25(23(26)29)14-20(27)24-13-16-6-4-8-18(12-16)30-2/h3-12H,13-14H2,1-2H3,(H,24,27). The molecule has 0 spiro atoms. The topological polar surface area (TPSA) is 82.3 Å². The van der Waals surface area contributed by atoms with Crippen molar-refractivity contribution < 1.29 is 9.53 Å². The number of nitrogens with zero attached hydrogens (tertiary/aromatic N) is 2. The fraction of sp³-hybridized carbons (Fsp3) is 0.174. The first kappa shape index (κ1) is 20.6. The van der Waals surface area contributed by atoms with Crippen LogP contribution in [-0.4, -0.2) is 22.2 Å². The Hall–Kier alpha value is -3.65. The van der Waals surface area contributed by atoms with E-state index in [1.165, 1.54) is 15.9 Å². The van der Waals surface area contributed by atoms with E-state index in [4.69, 9.17) is 4.74 Å². The summed E-state index contributed by atoms with van der Waals surface area (Å²) in [6, 6.07) is 16.2. The van der Waals surface area contributed by atoms with Gasteiger partial charge in [-0.1, -0.05) is 24.3 Å². The van der Waals surface area contributed by atoms with E-state index in [0.717, 1.165) is 15.7 Å². The highest BCUT2D eigenvalue weighted by Gasteiger charge is 2.17. The number of amides is 1. The van der Waals surface area contributed by atoms with Crippen molar-refractivity contribution in [2.24, 2.45) is 0 Å². The number of benzene rings is 2. The number of carbonyl (C=O) groups excluding carboxylic acids is 1. The third-order valence-electron chi connectivity index (χ3n) is 4.94. The summed E-state index contributed by atoms with van der Waals surface area (Å²) in [6.07, 6.45) is 0. The molecular weight excluding hydrogens is 414 g/mol. The van der Waals surface area contributed by atoms with Gasteiger partial charge in [0.1, 0.15) is 17.0 Å². The smallest absolute Gasteiger partial charge is 0.336 e. The molecule has 0 aliphatic rings. The normalized spacial score (nSPS) is 10.9. The highest BCUT2D eigenvalue weighted by molar-refractivity contribution is 7.17. The molecule has 0 unspecified atom stereocenters. The van der Waals surface area contributed by atoms with Crippen molar-refractivity contribution >= 4 is 27.5 Å². The fourth-order valence-electron chi connectivity index (χ4n) is 3.42. The molecule has 1 N–H and O–H groups in total. The Morgan fingerprint density at radius 3 is 2.68 bits per heavy atom. The molecule has 0 bridgehead atoms. The minimum atomic E-state index is -0.543. The lowest BCUT2D eigenvalue weighted by molar-refractivity contribution is -0.121. The van der Waals surface area contributed by atoms with E-state index in [-0.39, 0.29) is 18.0 Å². The number of hydrogen-bond donors (Lipinski definition) is 1. The van der Waals surface area contributed by atoms with Crippen LogP contribution in [-0.2, 0) is 17.9 Å². The van der Waals surface area contributed by atoms with Crippen LogP contribution in [0, 0.1) is 6.92 Å². The van der Waals surface area contributed by atoms with Gasteiger partial charge >= 0.3 is 5.69 Å². The Morgan fingerprint density at radius 2 is 1.90 bits per heavy atom. The quantitative estimate of drug-likeness (QED) is 0.505. The van der Waals surface area contributed by atoms with Crippen molar-refractivity contribution in [2.45, 2.75) is 20.0 Å². The number of thiophene rings is 1. The molecule has 0 radical (unpaired) electrons. The maximum atomic E-state index is 13.2. The van der Waals surface area contributed by atoms with Crippen LogP contribution in [0.1, 0.15) is 11.1 Å². The van der Waals surface area contributed by atoms with Crippen LogP contribution in [0.3, 0.4) is 0 Å². The van der Waals surface area contributed by atoms with E-state index in [9.17, 15) is 14.4 Å². The van der Waals surface area contributed by atoms with Gasteiger partial charge in [-0.05, 0) is 53.8 Å². The maximum Gasteiger partial charge on any atom is 0.336 e. The van der Waals surface area contributed by atoms with Gasteiger partial charge < -0.3 is 10.1 Å². The Kier molecular flexibility index (Phi) is 5.73. The highest BCUT2D eigenvalue weighted by atomic mass is 32.1. The molecule has 0 aliphatic heterocycles. The number of aromatic nitrogens is 2. The van der Waals surface area contributed by atoms with E-state index in [2.05, 4.69) is 5.32 Å². The van der Waals surface area contributed by atoms with Gasteiger partial charge in [0, 0.05) is 6.54 Å². The summed E-state index contributed by atoms with van der Waals surface area (Å²) in [4.78, 5) is 38.9. The molecule has 4 aromatic rings. The maximum absolute atomic E-state index is 13.2. The zero-order valence-corrected chi connectivity index (χ0v) is 17.9. The number of ether oxygens (including phenoxy) is 1. The van der Waals surface area contributed by atoms with Crippen molar-refractivity contribution in [3.8, 4) is 11.4 Å². The lowest BCUT2D eigenvalue weighted by Crippen LogP contribution is -2.41. The second kappa shape index (κ2) is 8.61. The molecule has 2 aromatic heterocycles. The first-order chi connectivity index (χ1) is 15.0. The van der Waals surface area contributed by atoms with Crippen LogP contribution in [0.25, 0.3) is 15.9 Å². The molecule has 1 amide bonds. The van der Waals surface area contributed by atoms with Crippen LogP contribution in [0.15, 0.2) is 69.6 Å². The third-order valence-corrected chi connectivity index (χ3v) is 5.83. The van der Waals surface area contributed by atoms with Gasteiger partial charge in [-0.3, -0.25) is 14.2 Å². The van der Waals surface area contributed by atoms with Gasteiger partial charge in [-0.15, -0.1) is 11.3 Å². The Morgan fingerprint density at radius 1 is 1.10 bits per heavy atom. The predicted molar refractivity (Wildman–Crippen MR) is 121 cm³/mol. The van der Waals surface area contributed by atoms with E-state index >= 15 is 0 Å². The number of methoxy groups -OCH3 is 1. The molecule has 31 heavy (non-hydrogen) atoms. The van der Waals surface area contributed by atoms with Gasteiger partial charge in [0.05, 0.1) is 18.3 Å². The molecule has 2 aromatic carbocycles. The molecular formula is C23H21N3O4S. The van der Waals surface area contributed by atoms with Gasteiger partial charge in [0.2, 0.25) is 5.91 Å². The molecule has 0 saturated heterocycles. The monoisotopic (exact) mass is 435 g/mol. The number of nitrogens with one attached hydrogen (secondary N) is 1. The van der Waals surface area contributed by atoms with Crippen LogP contribution in [0.5, 0.6) is 5.75 Å². The number of rotatable bonds is 6. The number of hydrogen-bond acceptors (Lipinski definition) is 5. The highest BCUT2D eigenvalue weighted by Crippen LogP contribution is 2.17. The SMILES string of the molecule is COc1cccc(CNC(=O)Cn2c(=O)n(-c3cccc(C)c3)c(=O)c3sccc32)c1. The van der Waals surface area contributed by atoms with Crippen molar-refractivity contribution in [1.29, 1.82) is 0 Å². The molecule has 0 saturated carbocycles. The first-order valence-electron chi connectivity index (χ1n) is 9.67. The third kappa shape index (κ3) is 4.15. The van der Waals surface area contributed by atoms with Crippen LogP contribution in [0.4, 0.5) is 0 Å². The van der Waals surface area contributed by atoms with Gasteiger partial charge in [-0.2, -0.15) is 0 Å². The molecule has 4 rings (SSSR count). The van der Waals surface area contributed by atoms with Crippen molar-refractivity contribution in [3.63, 3.8) is 0 Å². The summed E-state index contributed by atoms with van der Waals surface area (Å²) < 4.78 is 8.10. The summed E-state index contributed by atoms with van der Waals surface area (Å²) in [5.41, 5.74) is 1.83. The van der Waals surface area contributed by atoms with E-state index in [0.29, 0.717) is 28.2 Å². The summed E-state index contributed by atoms with van der Waals surface area (Å²) in [7, 11) is 1.58. The summed E-state index contributed by atoms with van der Waals surface area (Å²) in [5, 5.41) is 4.57. The Bertz CT molecular complexity index is 1380. The first-order valence-corrected chi connectivity index (χ1v) is 10.6. The van der Waals surface area contributed by atoms with E-state index in [1.54, 1.807) is 36.8 Å².